The molecule has 0 aromatic rings. The third-order valence-corrected chi connectivity index (χ3v) is 15.0. The first-order valence-electron chi connectivity index (χ1n) is 30.7. The van der Waals surface area contributed by atoms with Gasteiger partial charge in [-0.05, 0) is 64.2 Å². The SMILES string of the molecule is CCCCCCCCCCCCC/C=C/CCCC(O)C(O)C(COC1OC(CO)C(O)C(O)C1O)NC(=O)C(O)CCCCCCCCCCCCCCC/C=C\CCCCCCCCCCCCCC. The molecule has 1 heterocycles. The summed E-state index contributed by atoms with van der Waals surface area (Å²) in [4.78, 5) is 13.2. The van der Waals surface area contributed by atoms with Crippen molar-refractivity contribution >= 4 is 5.91 Å². The molecule has 8 N–H and O–H groups in total. The van der Waals surface area contributed by atoms with Gasteiger partial charge in [-0.3, -0.25) is 4.79 Å². The normalized spacial score (nSPS) is 20.2. The predicted octanol–water partition coefficient (Wildman–Crippen LogP) is 13.3. The molecule has 1 saturated heterocycles. The second-order valence-electron chi connectivity index (χ2n) is 21.8. The maximum absolute atomic E-state index is 13.2. The Bertz CT molecular complexity index is 1220. The number of carbonyl (C=O) groups excluding carboxylic acids is 1. The Labute approximate surface area is 442 Å². The summed E-state index contributed by atoms with van der Waals surface area (Å²) in [5, 5.41) is 76.1. The number of ether oxygens (including phenoxy) is 2. The lowest BCUT2D eigenvalue weighted by atomic mass is 9.98. The minimum Gasteiger partial charge on any atom is -0.394 e. The van der Waals surface area contributed by atoms with Gasteiger partial charge in [0, 0.05) is 0 Å². The Morgan fingerprint density at radius 2 is 0.819 bits per heavy atom. The van der Waals surface area contributed by atoms with Crippen LogP contribution in [0.25, 0.3) is 0 Å². The fraction of sp³-hybridized carbons (Fsp3) is 0.918. The topological polar surface area (TPSA) is 189 Å². The Morgan fingerprint density at radius 1 is 0.472 bits per heavy atom. The van der Waals surface area contributed by atoms with Crippen LogP contribution in [0.3, 0.4) is 0 Å². The van der Waals surface area contributed by atoms with Gasteiger partial charge in [0.15, 0.2) is 6.29 Å². The van der Waals surface area contributed by atoms with Gasteiger partial charge in [0.2, 0.25) is 5.91 Å². The smallest absolute Gasteiger partial charge is 0.249 e. The third-order valence-electron chi connectivity index (χ3n) is 15.0. The molecule has 0 aromatic carbocycles. The minimum atomic E-state index is -1.67. The number of aliphatic hydroxyl groups excluding tert-OH is 7. The molecule has 1 aliphatic heterocycles. The average molecular weight is 1020 g/mol. The maximum atomic E-state index is 13.2. The highest BCUT2D eigenvalue weighted by atomic mass is 16.7. The number of aliphatic hydroxyl groups is 7. The molecule has 72 heavy (non-hydrogen) atoms. The predicted molar refractivity (Wildman–Crippen MR) is 298 cm³/mol. The van der Waals surface area contributed by atoms with Crippen molar-refractivity contribution < 1.29 is 50.0 Å². The van der Waals surface area contributed by atoms with E-state index in [1.54, 1.807) is 0 Å². The zero-order chi connectivity index (χ0) is 52.5. The van der Waals surface area contributed by atoms with E-state index in [-0.39, 0.29) is 12.8 Å². The van der Waals surface area contributed by atoms with Crippen LogP contribution in [0.5, 0.6) is 0 Å². The number of unbranched alkanes of at least 4 members (excludes halogenated alkanes) is 37. The van der Waals surface area contributed by atoms with E-state index in [1.165, 1.54) is 212 Å². The number of hydrogen-bond acceptors (Lipinski definition) is 10. The van der Waals surface area contributed by atoms with Crippen molar-refractivity contribution in [3.05, 3.63) is 24.3 Å². The second-order valence-corrected chi connectivity index (χ2v) is 21.8. The Kier molecular flexibility index (Phi) is 48.0. The van der Waals surface area contributed by atoms with Crippen molar-refractivity contribution in [1.82, 2.24) is 5.32 Å². The van der Waals surface area contributed by atoms with Gasteiger partial charge in [-0.1, -0.05) is 250 Å². The van der Waals surface area contributed by atoms with E-state index in [4.69, 9.17) is 9.47 Å². The standard InChI is InChI=1S/C61H117NO10/c1-3-5-7-9-11-13-15-17-19-21-22-23-24-25-26-27-28-29-30-31-32-33-35-37-39-41-43-45-47-49-54(65)60(70)62-52(51-71-61-59(69)58(68)57(67)55(50-63)72-61)56(66)53(64)48-46-44-42-40-38-36-34-20-18-16-14-12-10-8-6-4-2/h25-26,40,42,52-59,61,63-69H,3-24,27-39,41,43-51H2,1-2H3,(H,62,70)/b26-25-,42-40+. The zero-order valence-electron chi connectivity index (χ0n) is 46.7. The van der Waals surface area contributed by atoms with E-state index >= 15 is 0 Å². The molecule has 11 nitrogen and oxygen atoms in total. The molecular weight excluding hydrogens is 907 g/mol. The highest BCUT2D eigenvalue weighted by molar-refractivity contribution is 5.80. The van der Waals surface area contributed by atoms with Gasteiger partial charge in [0.05, 0.1) is 25.4 Å². The second kappa shape index (κ2) is 50.4. The average Bonchev–Trinajstić information content (AvgIpc) is 3.38. The molecule has 0 radical (unpaired) electrons. The van der Waals surface area contributed by atoms with Gasteiger partial charge in [-0.2, -0.15) is 0 Å². The third kappa shape index (κ3) is 38.2. The Balaban J connectivity index is 2.24. The summed E-state index contributed by atoms with van der Waals surface area (Å²) < 4.78 is 11.1. The van der Waals surface area contributed by atoms with E-state index in [9.17, 15) is 40.5 Å². The molecule has 1 amide bonds. The monoisotopic (exact) mass is 1020 g/mol. The Morgan fingerprint density at radius 3 is 1.19 bits per heavy atom. The number of hydrogen-bond donors (Lipinski definition) is 8. The molecule has 0 aromatic heterocycles. The summed E-state index contributed by atoms with van der Waals surface area (Å²) in [5.74, 6) is -0.703. The minimum absolute atomic E-state index is 0.256. The molecule has 1 rings (SSSR count). The first-order valence-corrected chi connectivity index (χ1v) is 30.7. The molecule has 0 spiro atoms. The number of carbonyl (C=O) groups is 1. The molecular formula is C61H117NO10. The van der Waals surface area contributed by atoms with Crippen LogP contribution in [0.2, 0.25) is 0 Å². The van der Waals surface area contributed by atoms with E-state index in [1.807, 2.05) is 0 Å². The Hall–Kier alpha value is -1.41. The van der Waals surface area contributed by atoms with Crippen molar-refractivity contribution in [2.24, 2.45) is 0 Å². The molecule has 0 saturated carbocycles. The number of amides is 1. The fourth-order valence-electron chi connectivity index (χ4n) is 9.97. The van der Waals surface area contributed by atoms with Crippen molar-refractivity contribution in [2.45, 2.75) is 345 Å². The summed E-state index contributed by atoms with van der Waals surface area (Å²) in [6, 6.07) is -1.18. The van der Waals surface area contributed by atoms with Crippen LogP contribution in [-0.2, 0) is 14.3 Å². The summed E-state index contributed by atoms with van der Waals surface area (Å²) in [7, 11) is 0. The molecule has 11 heteroatoms. The van der Waals surface area contributed by atoms with Crippen LogP contribution in [-0.4, -0.2) is 110 Å². The highest BCUT2D eigenvalue weighted by Gasteiger charge is 2.44. The molecule has 9 atom stereocenters. The highest BCUT2D eigenvalue weighted by Crippen LogP contribution is 2.23. The lowest BCUT2D eigenvalue weighted by Gasteiger charge is -2.40. The van der Waals surface area contributed by atoms with Gasteiger partial charge in [-0.15, -0.1) is 0 Å². The van der Waals surface area contributed by atoms with Crippen molar-refractivity contribution in [3.63, 3.8) is 0 Å². The van der Waals surface area contributed by atoms with Crippen LogP contribution in [0, 0.1) is 0 Å². The van der Waals surface area contributed by atoms with E-state index in [0.717, 1.165) is 38.5 Å². The van der Waals surface area contributed by atoms with Crippen LogP contribution in [0.4, 0.5) is 0 Å². The first kappa shape index (κ1) is 68.6. The van der Waals surface area contributed by atoms with Crippen molar-refractivity contribution in [3.8, 4) is 0 Å². The number of allylic oxidation sites excluding steroid dienone is 4. The van der Waals surface area contributed by atoms with Gasteiger partial charge in [-0.25, -0.2) is 0 Å². The number of nitrogens with one attached hydrogen (secondary N) is 1. The quantitative estimate of drug-likeness (QED) is 0.0215. The van der Waals surface area contributed by atoms with Crippen molar-refractivity contribution in [2.75, 3.05) is 13.2 Å². The van der Waals surface area contributed by atoms with Crippen LogP contribution >= 0.6 is 0 Å². The molecule has 1 fully saturated rings. The summed E-state index contributed by atoms with van der Waals surface area (Å²) in [6.45, 7) is 3.47. The zero-order valence-corrected chi connectivity index (χ0v) is 46.7. The van der Waals surface area contributed by atoms with Gasteiger partial charge in [0.1, 0.15) is 36.6 Å². The molecule has 0 aliphatic carbocycles. The van der Waals surface area contributed by atoms with Gasteiger partial charge >= 0.3 is 0 Å². The molecule has 1 aliphatic rings. The van der Waals surface area contributed by atoms with E-state index < -0.39 is 74.2 Å². The first-order chi connectivity index (χ1) is 35.2. The van der Waals surface area contributed by atoms with E-state index in [0.29, 0.717) is 12.8 Å². The van der Waals surface area contributed by atoms with Crippen molar-refractivity contribution in [1.29, 1.82) is 0 Å². The van der Waals surface area contributed by atoms with Crippen LogP contribution < -0.4 is 5.32 Å². The summed E-state index contributed by atoms with van der Waals surface area (Å²) in [5.41, 5.74) is 0. The molecule has 0 bridgehead atoms. The maximum Gasteiger partial charge on any atom is 0.249 e. The summed E-state index contributed by atoms with van der Waals surface area (Å²) >= 11 is 0. The summed E-state index contributed by atoms with van der Waals surface area (Å²) in [6.07, 6.45) is 49.6. The number of rotatable bonds is 53. The molecule has 426 valence electrons. The fourth-order valence-corrected chi connectivity index (χ4v) is 9.97. The molecule has 9 unspecified atom stereocenters. The van der Waals surface area contributed by atoms with Crippen LogP contribution in [0.15, 0.2) is 24.3 Å². The largest absolute Gasteiger partial charge is 0.394 e. The van der Waals surface area contributed by atoms with Crippen LogP contribution in [0.1, 0.15) is 290 Å². The van der Waals surface area contributed by atoms with Gasteiger partial charge in [0.25, 0.3) is 0 Å². The lowest BCUT2D eigenvalue weighted by Crippen LogP contribution is -2.60. The lowest BCUT2D eigenvalue weighted by molar-refractivity contribution is -0.303. The van der Waals surface area contributed by atoms with E-state index in [2.05, 4.69) is 43.5 Å². The van der Waals surface area contributed by atoms with Gasteiger partial charge < -0.3 is 50.5 Å².